The normalized spacial score (nSPS) is 14.3. The highest BCUT2D eigenvalue weighted by Gasteiger charge is 2.65. The average Bonchev–Trinajstić information content (AvgIpc) is 3.67. The van der Waals surface area contributed by atoms with Gasteiger partial charge in [0.2, 0.25) is 0 Å². The number of nitrogens with two attached hydrogens (primary N) is 1. The van der Waals surface area contributed by atoms with Crippen LogP contribution in [0.5, 0.6) is 0 Å². The van der Waals surface area contributed by atoms with E-state index in [1.165, 1.54) is 57.3 Å². The largest absolute Gasteiger partial charge is 0.442 e. The molecule has 9 heteroatoms. The summed E-state index contributed by atoms with van der Waals surface area (Å²) in [5, 5.41) is 9.80. The minimum absolute atomic E-state index is 0.0810. The lowest BCUT2D eigenvalue weighted by Gasteiger charge is -2.21. The van der Waals surface area contributed by atoms with Crippen molar-refractivity contribution in [2.24, 2.45) is 16.0 Å². The van der Waals surface area contributed by atoms with Gasteiger partial charge >= 0.3 is 11.8 Å². The summed E-state index contributed by atoms with van der Waals surface area (Å²) in [6.07, 6.45) is 2.90. The number of hydrogen-bond acceptors (Lipinski definition) is 6. The standard InChI is InChI=1S/C18H27F3N4.C9H22N2/c1-3-5-12-25(11-4-2)13-10-22-14-15-6-8-16(9-7-15)17(23-24-17)18(19,20)21;1-3-5-8-11(7-4-2)9-6-10/h6-9,22H,3-5,10-14H2,1-2H3;3-10H2,1-2H3. The summed E-state index contributed by atoms with van der Waals surface area (Å²) in [7, 11) is 0. The van der Waals surface area contributed by atoms with Gasteiger partial charge in [-0.15, -0.1) is 10.2 Å². The predicted octanol–water partition coefficient (Wildman–Crippen LogP) is 5.93. The van der Waals surface area contributed by atoms with Gasteiger partial charge in [-0.25, -0.2) is 0 Å². The third kappa shape index (κ3) is 11.7. The Bertz CT molecular complexity index is 696. The third-order valence-corrected chi connectivity index (χ3v) is 6.17. The van der Waals surface area contributed by atoms with Crippen LogP contribution in [0.25, 0.3) is 0 Å². The van der Waals surface area contributed by atoms with Crippen LogP contribution >= 0.6 is 0 Å². The first-order chi connectivity index (χ1) is 17.3. The van der Waals surface area contributed by atoms with Crippen molar-refractivity contribution in [1.29, 1.82) is 0 Å². The summed E-state index contributed by atoms with van der Waals surface area (Å²) in [6, 6.07) is 6.35. The topological polar surface area (TPSA) is 69.2 Å². The molecule has 0 spiro atoms. The number of hydrogen-bond donors (Lipinski definition) is 2. The quantitative estimate of drug-likeness (QED) is 0.238. The predicted molar refractivity (Wildman–Crippen MR) is 143 cm³/mol. The molecule has 1 aromatic rings. The molecule has 1 aliphatic rings. The van der Waals surface area contributed by atoms with Crippen molar-refractivity contribution in [2.75, 3.05) is 52.4 Å². The lowest BCUT2D eigenvalue weighted by atomic mass is 10.0. The molecule has 0 aromatic heterocycles. The minimum Gasteiger partial charge on any atom is -0.329 e. The summed E-state index contributed by atoms with van der Waals surface area (Å²) in [5.74, 6) is 0. The number of alkyl halides is 3. The van der Waals surface area contributed by atoms with Gasteiger partial charge in [0.25, 0.3) is 0 Å². The van der Waals surface area contributed by atoms with Crippen LogP contribution < -0.4 is 11.1 Å². The van der Waals surface area contributed by atoms with Crippen LogP contribution in [-0.2, 0) is 12.2 Å². The molecule has 0 fully saturated rings. The molecule has 6 nitrogen and oxygen atoms in total. The lowest BCUT2D eigenvalue weighted by Crippen LogP contribution is -2.33. The summed E-state index contributed by atoms with van der Waals surface area (Å²) in [6.45, 7) is 17.8. The highest BCUT2D eigenvalue weighted by Crippen LogP contribution is 2.52. The number of rotatable bonds is 18. The molecule has 0 atom stereocenters. The van der Waals surface area contributed by atoms with Crippen LogP contribution in [0.1, 0.15) is 77.3 Å². The van der Waals surface area contributed by atoms with Gasteiger partial charge in [-0.3, -0.25) is 0 Å². The highest BCUT2D eigenvalue weighted by atomic mass is 19.4. The first-order valence-electron chi connectivity index (χ1n) is 13.7. The second-order valence-electron chi connectivity index (χ2n) is 9.42. The number of benzene rings is 1. The fourth-order valence-corrected chi connectivity index (χ4v) is 4.02. The zero-order valence-electron chi connectivity index (χ0n) is 22.9. The van der Waals surface area contributed by atoms with Crippen LogP contribution in [0.2, 0.25) is 0 Å². The van der Waals surface area contributed by atoms with Crippen molar-refractivity contribution in [1.82, 2.24) is 15.1 Å². The first kappa shape index (κ1) is 32.5. The Morgan fingerprint density at radius 3 is 1.72 bits per heavy atom. The molecule has 2 rings (SSSR count). The summed E-state index contributed by atoms with van der Waals surface area (Å²) >= 11 is 0. The zero-order valence-corrected chi connectivity index (χ0v) is 22.9. The van der Waals surface area contributed by atoms with Crippen molar-refractivity contribution in [3.05, 3.63) is 35.4 Å². The van der Waals surface area contributed by atoms with Crippen molar-refractivity contribution < 1.29 is 13.2 Å². The smallest absolute Gasteiger partial charge is 0.329 e. The molecule has 36 heavy (non-hydrogen) atoms. The number of unbranched alkanes of at least 4 members (excludes halogenated alkanes) is 2. The average molecular weight is 515 g/mol. The van der Waals surface area contributed by atoms with Gasteiger partial charge in [0.15, 0.2) is 0 Å². The van der Waals surface area contributed by atoms with Crippen molar-refractivity contribution >= 4 is 0 Å². The Hall–Kier alpha value is -1.55. The Kier molecular flexibility index (Phi) is 16.1. The van der Waals surface area contributed by atoms with E-state index in [-0.39, 0.29) is 5.56 Å². The monoisotopic (exact) mass is 514 g/mol. The Balaban J connectivity index is 0.000000497. The van der Waals surface area contributed by atoms with Gasteiger partial charge in [-0.05, 0) is 57.4 Å². The molecule has 0 saturated carbocycles. The van der Waals surface area contributed by atoms with E-state index < -0.39 is 11.8 Å². The van der Waals surface area contributed by atoms with E-state index in [4.69, 9.17) is 5.73 Å². The van der Waals surface area contributed by atoms with Gasteiger partial charge in [0.1, 0.15) is 0 Å². The van der Waals surface area contributed by atoms with E-state index >= 15 is 0 Å². The van der Waals surface area contributed by atoms with Gasteiger partial charge < -0.3 is 20.9 Å². The SMILES string of the molecule is CCCCN(CCC)CCN.CCCCN(CCC)CCNCc1ccc(C2(C(F)(F)F)N=N2)cc1. The van der Waals surface area contributed by atoms with E-state index in [0.717, 1.165) is 51.3 Å². The Labute approximate surface area is 216 Å². The molecule has 208 valence electrons. The van der Waals surface area contributed by atoms with Crippen LogP contribution in [0.15, 0.2) is 34.5 Å². The molecule has 1 aliphatic heterocycles. The van der Waals surface area contributed by atoms with Gasteiger partial charge in [-0.1, -0.05) is 64.8 Å². The Morgan fingerprint density at radius 1 is 0.778 bits per heavy atom. The molecule has 1 aromatic carbocycles. The fourth-order valence-electron chi connectivity index (χ4n) is 4.02. The van der Waals surface area contributed by atoms with E-state index in [1.807, 2.05) is 0 Å². The van der Waals surface area contributed by atoms with Crippen LogP contribution in [-0.4, -0.2) is 68.3 Å². The van der Waals surface area contributed by atoms with Crippen molar-refractivity contribution in [3.63, 3.8) is 0 Å². The first-order valence-corrected chi connectivity index (χ1v) is 13.7. The van der Waals surface area contributed by atoms with Crippen molar-refractivity contribution in [2.45, 2.75) is 84.6 Å². The molecule has 0 unspecified atom stereocenters. The molecule has 0 amide bonds. The highest BCUT2D eigenvalue weighted by molar-refractivity contribution is 5.32. The number of nitrogens with one attached hydrogen (secondary N) is 1. The fraction of sp³-hybridized carbons (Fsp3) is 0.778. The maximum Gasteiger partial charge on any atom is 0.442 e. The summed E-state index contributed by atoms with van der Waals surface area (Å²) < 4.78 is 38.9. The molecule has 0 saturated heterocycles. The van der Waals surface area contributed by atoms with Crippen molar-refractivity contribution in [3.8, 4) is 0 Å². The third-order valence-electron chi connectivity index (χ3n) is 6.17. The summed E-state index contributed by atoms with van der Waals surface area (Å²) in [4.78, 5) is 4.90. The molecule has 0 radical (unpaired) electrons. The van der Waals surface area contributed by atoms with Crippen LogP contribution in [0.3, 0.4) is 0 Å². The second-order valence-corrected chi connectivity index (χ2v) is 9.42. The van der Waals surface area contributed by atoms with E-state index in [9.17, 15) is 13.2 Å². The van der Waals surface area contributed by atoms with Crippen LogP contribution in [0, 0.1) is 0 Å². The number of halogens is 3. The van der Waals surface area contributed by atoms with Gasteiger partial charge in [-0.2, -0.15) is 13.2 Å². The lowest BCUT2D eigenvalue weighted by molar-refractivity contribution is -0.166. The van der Waals surface area contributed by atoms with E-state index in [2.05, 4.69) is 53.0 Å². The maximum absolute atomic E-state index is 13.0. The van der Waals surface area contributed by atoms with Gasteiger partial charge in [0, 0.05) is 38.3 Å². The molecule has 0 aliphatic carbocycles. The molecular formula is C27H49F3N6. The van der Waals surface area contributed by atoms with E-state index in [0.29, 0.717) is 6.54 Å². The number of nitrogens with zero attached hydrogens (tertiary/aromatic N) is 4. The zero-order chi connectivity index (χ0) is 26.9. The maximum atomic E-state index is 13.0. The molecule has 0 bridgehead atoms. The summed E-state index contributed by atoms with van der Waals surface area (Å²) in [5.41, 5.74) is 4.21. The molecular weight excluding hydrogens is 465 g/mol. The minimum atomic E-state index is -4.46. The Morgan fingerprint density at radius 2 is 1.31 bits per heavy atom. The second kappa shape index (κ2) is 17.8. The van der Waals surface area contributed by atoms with Crippen LogP contribution in [0.4, 0.5) is 13.2 Å². The van der Waals surface area contributed by atoms with Gasteiger partial charge in [0.05, 0.1) is 0 Å². The van der Waals surface area contributed by atoms with E-state index in [1.54, 1.807) is 12.1 Å². The molecule has 3 N–H and O–H groups in total. The molecule has 1 heterocycles.